The summed E-state index contributed by atoms with van der Waals surface area (Å²) in [6, 6.07) is 7.32. The average Bonchev–Trinajstić information content (AvgIpc) is 2.49. The van der Waals surface area contributed by atoms with Gasteiger partial charge >= 0.3 is 0 Å². The molecule has 2 rings (SSSR count). The molecule has 1 amide bonds. The highest BCUT2D eigenvalue weighted by atomic mass is 32.2. The fraction of sp³-hybridized carbons (Fsp3) is 0.312. The number of thioether (sulfide) groups is 1. The Balaban J connectivity index is 0.000000677. The van der Waals surface area contributed by atoms with Crippen LogP contribution in [0.25, 0.3) is 0 Å². The normalized spacial score (nSPS) is 13.5. The summed E-state index contributed by atoms with van der Waals surface area (Å²) in [6.45, 7) is 7.71. The number of nitrogens with one attached hydrogen (secondary N) is 1. The van der Waals surface area contributed by atoms with E-state index in [1.807, 2.05) is 26.0 Å². The lowest BCUT2D eigenvalue weighted by Crippen LogP contribution is -2.18. The Morgan fingerprint density at radius 2 is 2.14 bits per heavy atom. The number of methoxy groups -OCH3 is 1. The quantitative estimate of drug-likeness (QED) is 0.862. The molecular formula is C16H21NO3S. The summed E-state index contributed by atoms with van der Waals surface area (Å²) in [6.07, 6.45) is 1.75. The Hall–Kier alpha value is -1.88. The molecule has 0 bridgehead atoms. The molecule has 1 aromatic rings. The summed E-state index contributed by atoms with van der Waals surface area (Å²) in [5, 5.41) is 2.84. The molecule has 1 heterocycles. The van der Waals surface area contributed by atoms with Gasteiger partial charge in [0.2, 0.25) is 0 Å². The molecule has 5 heteroatoms. The van der Waals surface area contributed by atoms with E-state index < -0.39 is 0 Å². The van der Waals surface area contributed by atoms with Gasteiger partial charge < -0.3 is 14.8 Å². The number of anilines is 1. The van der Waals surface area contributed by atoms with Gasteiger partial charge in [0.05, 0.1) is 19.4 Å². The van der Waals surface area contributed by atoms with Gasteiger partial charge in [-0.3, -0.25) is 4.79 Å². The first-order valence-electron chi connectivity index (χ1n) is 6.62. The Kier molecular flexibility index (Phi) is 7.46. The number of allylic oxidation sites excluding steroid dienone is 2. The smallest absolute Gasteiger partial charge is 0.265 e. The molecular weight excluding hydrogens is 286 g/mol. The number of benzene rings is 1. The molecule has 114 valence electrons. The van der Waals surface area contributed by atoms with E-state index in [4.69, 9.17) is 9.47 Å². The first kappa shape index (κ1) is 17.2. The Morgan fingerprint density at radius 3 is 2.76 bits per heavy atom. The van der Waals surface area contributed by atoms with Crippen molar-refractivity contribution in [2.75, 3.05) is 24.8 Å². The highest BCUT2D eigenvalue weighted by molar-refractivity contribution is 8.04. The molecule has 0 radical (unpaired) electrons. The van der Waals surface area contributed by atoms with E-state index in [1.54, 1.807) is 25.3 Å². The monoisotopic (exact) mass is 307 g/mol. The first-order chi connectivity index (χ1) is 10.1. The highest BCUT2D eigenvalue weighted by Gasteiger charge is 2.19. The molecule has 0 aliphatic carbocycles. The summed E-state index contributed by atoms with van der Waals surface area (Å²) in [5.41, 5.74) is 0.663. The van der Waals surface area contributed by atoms with Crippen LogP contribution in [0.3, 0.4) is 0 Å². The van der Waals surface area contributed by atoms with Crippen LogP contribution in [0.1, 0.15) is 13.8 Å². The van der Waals surface area contributed by atoms with Crippen molar-refractivity contribution in [2.24, 2.45) is 0 Å². The van der Waals surface area contributed by atoms with Crippen LogP contribution in [0, 0.1) is 0 Å². The van der Waals surface area contributed by atoms with Gasteiger partial charge in [-0.1, -0.05) is 18.2 Å². The maximum Gasteiger partial charge on any atom is 0.265 e. The molecule has 0 saturated heterocycles. The predicted octanol–water partition coefficient (Wildman–Crippen LogP) is 3.82. The number of para-hydroxylation sites is 2. The second-order valence-corrected chi connectivity index (χ2v) is 5.25. The van der Waals surface area contributed by atoms with Crippen LogP contribution in [0.15, 0.2) is 47.6 Å². The maximum atomic E-state index is 12.1. The minimum atomic E-state index is -0.151. The molecule has 0 fully saturated rings. The third-order valence-electron chi connectivity index (χ3n) is 2.53. The highest BCUT2D eigenvalue weighted by Crippen LogP contribution is 2.29. The predicted molar refractivity (Wildman–Crippen MR) is 88.6 cm³/mol. The lowest BCUT2D eigenvalue weighted by atomic mass is 10.3. The van der Waals surface area contributed by atoms with Crippen molar-refractivity contribution in [3.8, 4) is 5.75 Å². The van der Waals surface area contributed by atoms with Crippen LogP contribution in [0.2, 0.25) is 0 Å². The third kappa shape index (κ3) is 5.19. The van der Waals surface area contributed by atoms with E-state index in [0.29, 0.717) is 28.7 Å². The van der Waals surface area contributed by atoms with Crippen molar-refractivity contribution in [1.29, 1.82) is 0 Å². The van der Waals surface area contributed by atoms with Crippen LogP contribution in [0.4, 0.5) is 5.69 Å². The van der Waals surface area contributed by atoms with E-state index in [0.717, 1.165) is 5.75 Å². The molecule has 0 saturated carbocycles. The molecule has 0 unspecified atom stereocenters. The SMILES string of the molecule is C=CC.COc1ccccc1NC(=O)C1=C(C)OCCS1. The summed E-state index contributed by atoms with van der Waals surface area (Å²) in [5.74, 6) is 1.97. The molecule has 1 aliphatic rings. The van der Waals surface area contributed by atoms with Gasteiger partial charge in [-0.05, 0) is 26.0 Å². The first-order valence-corrected chi connectivity index (χ1v) is 7.60. The lowest BCUT2D eigenvalue weighted by molar-refractivity contribution is -0.112. The molecule has 0 atom stereocenters. The minimum Gasteiger partial charge on any atom is -0.496 e. The van der Waals surface area contributed by atoms with E-state index in [-0.39, 0.29) is 5.91 Å². The second kappa shape index (κ2) is 9.13. The molecule has 21 heavy (non-hydrogen) atoms. The van der Waals surface area contributed by atoms with Crippen molar-refractivity contribution in [2.45, 2.75) is 13.8 Å². The average molecular weight is 307 g/mol. The Labute approximate surface area is 130 Å². The molecule has 1 aromatic carbocycles. The summed E-state index contributed by atoms with van der Waals surface area (Å²) in [7, 11) is 1.58. The van der Waals surface area contributed by atoms with Crippen molar-refractivity contribution in [3.63, 3.8) is 0 Å². The maximum absolute atomic E-state index is 12.1. The fourth-order valence-electron chi connectivity index (χ4n) is 1.66. The van der Waals surface area contributed by atoms with Gasteiger partial charge in [0, 0.05) is 5.75 Å². The van der Waals surface area contributed by atoms with Crippen molar-refractivity contribution >= 4 is 23.4 Å². The standard InChI is InChI=1S/C13H15NO3S.C3H6/c1-9-12(18-8-7-17-9)13(15)14-10-5-3-4-6-11(10)16-2;1-3-2/h3-6H,7-8H2,1-2H3,(H,14,15);3H,1H2,2H3. The van der Waals surface area contributed by atoms with Crippen molar-refractivity contribution < 1.29 is 14.3 Å². The zero-order chi connectivity index (χ0) is 15.7. The number of carbonyl (C=O) groups is 1. The zero-order valence-corrected chi connectivity index (χ0v) is 13.5. The van der Waals surface area contributed by atoms with Gasteiger partial charge in [0.1, 0.15) is 16.4 Å². The van der Waals surface area contributed by atoms with Crippen molar-refractivity contribution in [3.05, 3.63) is 47.6 Å². The number of hydrogen-bond donors (Lipinski definition) is 1. The van der Waals surface area contributed by atoms with Crippen LogP contribution in [-0.2, 0) is 9.53 Å². The Bertz CT molecular complexity index is 526. The van der Waals surface area contributed by atoms with Crippen LogP contribution < -0.4 is 10.1 Å². The van der Waals surface area contributed by atoms with Gasteiger partial charge in [0.25, 0.3) is 5.91 Å². The summed E-state index contributed by atoms with van der Waals surface area (Å²) < 4.78 is 10.6. The number of amides is 1. The van der Waals surface area contributed by atoms with E-state index in [1.165, 1.54) is 11.8 Å². The number of hydrogen-bond acceptors (Lipinski definition) is 4. The zero-order valence-electron chi connectivity index (χ0n) is 12.6. The largest absolute Gasteiger partial charge is 0.496 e. The third-order valence-corrected chi connectivity index (χ3v) is 3.66. The number of rotatable bonds is 3. The summed E-state index contributed by atoms with van der Waals surface area (Å²) in [4.78, 5) is 12.8. The Morgan fingerprint density at radius 1 is 1.48 bits per heavy atom. The van der Waals surface area contributed by atoms with Crippen LogP contribution in [0.5, 0.6) is 5.75 Å². The summed E-state index contributed by atoms with van der Waals surface area (Å²) >= 11 is 1.51. The van der Waals surface area contributed by atoms with Crippen LogP contribution >= 0.6 is 11.8 Å². The lowest BCUT2D eigenvalue weighted by Gasteiger charge is -2.18. The van der Waals surface area contributed by atoms with Gasteiger partial charge in [-0.25, -0.2) is 0 Å². The minimum absolute atomic E-state index is 0.151. The molecule has 0 spiro atoms. The number of carbonyl (C=O) groups excluding carboxylic acids is 1. The van der Waals surface area contributed by atoms with Crippen molar-refractivity contribution in [1.82, 2.24) is 0 Å². The molecule has 0 aromatic heterocycles. The van der Waals surface area contributed by atoms with E-state index >= 15 is 0 Å². The number of ether oxygens (including phenoxy) is 2. The fourth-order valence-corrected chi connectivity index (χ4v) is 2.47. The van der Waals surface area contributed by atoms with E-state index in [2.05, 4.69) is 11.9 Å². The van der Waals surface area contributed by atoms with E-state index in [9.17, 15) is 4.79 Å². The van der Waals surface area contributed by atoms with Crippen LogP contribution in [-0.4, -0.2) is 25.4 Å². The van der Waals surface area contributed by atoms with Gasteiger partial charge in [-0.15, -0.1) is 18.3 Å². The topological polar surface area (TPSA) is 47.6 Å². The molecule has 1 aliphatic heterocycles. The molecule has 1 N–H and O–H groups in total. The molecule has 4 nitrogen and oxygen atoms in total. The van der Waals surface area contributed by atoms with Gasteiger partial charge in [-0.2, -0.15) is 0 Å². The second-order valence-electron chi connectivity index (χ2n) is 4.14. The van der Waals surface area contributed by atoms with Gasteiger partial charge in [0.15, 0.2) is 0 Å².